The van der Waals surface area contributed by atoms with Gasteiger partial charge in [0.2, 0.25) is 0 Å². The molecule has 0 atom stereocenters. The first-order valence-electron chi connectivity index (χ1n) is 9.54. The monoisotopic (exact) mass is 404 g/mol. The third kappa shape index (κ3) is 5.46. The molecule has 0 unspecified atom stereocenters. The number of halogens is 2. The van der Waals surface area contributed by atoms with Gasteiger partial charge in [-0.15, -0.1) is 0 Å². The number of carbonyl (C=O) groups excluding carboxylic acids is 1. The van der Waals surface area contributed by atoms with Gasteiger partial charge in [-0.3, -0.25) is 9.69 Å². The molecule has 2 aromatic rings. The third-order valence-corrected chi connectivity index (χ3v) is 5.15. The fraction of sp³-hybridized carbons (Fsp3) is 0.409. The number of hydrogen-bond donors (Lipinski definition) is 0. The van der Waals surface area contributed by atoms with Crippen LogP contribution < -0.4 is 4.74 Å². The maximum Gasteiger partial charge on any atom is 0.266 e. The fourth-order valence-corrected chi connectivity index (χ4v) is 3.53. The normalized spacial score (nSPS) is 15.9. The summed E-state index contributed by atoms with van der Waals surface area (Å²) < 4.78 is 19.0. The van der Waals surface area contributed by atoms with Crippen molar-refractivity contribution in [2.75, 3.05) is 26.2 Å². The maximum atomic E-state index is 13.1. The van der Waals surface area contributed by atoms with E-state index in [4.69, 9.17) is 16.3 Å². The van der Waals surface area contributed by atoms with Gasteiger partial charge < -0.3 is 9.64 Å². The van der Waals surface area contributed by atoms with E-state index in [0.29, 0.717) is 23.9 Å². The Labute approximate surface area is 170 Å². The van der Waals surface area contributed by atoms with Crippen molar-refractivity contribution in [1.82, 2.24) is 9.80 Å². The second kappa shape index (κ2) is 8.93. The van der Waals surface area contributed by atoms with Gasteiger partial charge in [0.15, 0.2) is 5.60 Å². The van der Waals surface area contributed by atoms with Crippen LogP contribution in [0.3, 0.4) is 0 Å². The summed E-state index contributed by atoms with van der Waals surface area (Å²) in [7, 11) is 0. The van der Waals surface area contributed by atoms with Crippen LogP contribution in [0.5, 0.6) is 5.75 Å². The van der Waals surface area contributed by atoms with Crippen molar-refractivity contribution in [3.8, 4) is 5.75 Å². The third-order valence-electron chi connectivity index (χ3n) is 4.90. The summed E-state index contributed by atoms with van der Waals surface area (Å²) in [5.41, 5.74) is 0.118. The van der Waals surface area contributed by atoms with E-state index in [-0.39, 0.29) is 11.7 Å². The number of nitrogens with zero attached hydrogens (tertiary/aromatic N) is 2. The minimum absolute atomic E-state index is 0.0221. The molecule has 0 aromatic heterocycles. The number of carbonyl (C=O) groups is 1. The molecule has 1 aliphatic rings. The number of rotatable bonds is 5. The van der Waals surface area contributed by atoms with E-state index in [0.717, 1.165) is 31.6 Å². The first-order valence-corrected chi connectivity index (χ1v) is 9.92. The van der Waals surface area contributed by atoms with Gasteiger partial charge in [-0.25, -0.2) is 4.39 Å². The zero-order chi connectivity index (χ0) is 20.1. The summed E-state index contributed by atoms with van der Waals surface area (Å²) in [4.78, 5) is 17.2. The van der Waals surface area contributed by atoms with Crippen LogP contribution in [0.2, 0.25) is 5.02 Å². The molecule has 1 aliphatic heterocycles. The fourth-order valence-electron chi connectivity index (χ4n) is 3.40. The van der Waals surface area contributed by atoms with E-state index in [1.54, 1.807) is 38.1 Å². The Morgan fingerprint density at radius 2 is 1.71 bits per heavy atom. The molecule has 0 radical (unpaired) electrons. The molecule has 1 fully saturated rings. The highest BCUT2D eigenvalue weighted by molar-refractivity contribution is 6.30. The van der Waals surface area contributed by atoms with Crippen LogP contribution in [0, 0.1) is 5.82 Å². The van der Waals surface area contributed by atoms with E-state index in [1.165, 1.54) is 12.1 Å². The highest BCUT2D eigenvalue weighted by Crippen LogP contribution is 2.23. The summed E-state index contributed by atoms with van der Waals surface area (Å²) in [5.74, 6) is 0.376. The van der Waals surface area contributed by atoms with E-state index in [2.05, 4.69) is 4.90 Å². The Morgan fingerprint density at radius 3 is 2.39 bits per heavy atom. The van der Waals surface area contributed by atoms with Gasteiger partial charge in [-0.1, -0.05) is 23.7 Å². The number of benzene rings is 2. The smallest absolute Gasteiger partial charge is 0.266 e. The second-order valence-corrected chi connectivity index (χ2v) is 8.05. The average molecular weight is 405 g/mol. The predicted octanol–water partition coefficient (Wildman–Crippen LogP) is 4.37. The molecule has 1 saturated heterocycles. The van der Waals surface area contributed by atoms with Gasteiger partial charge in [0.05, 0.1) is 0 Å². The van der Waals surface area contributed by atoms with Gasteiger partial charge in [0, 0.05) is 37.7 Å². The zero-order valence-corrected chi connectivity index (χ0v) is 17.1. The Balaban J connectivity index is 1.58. The van der Waals surface area contributed by atoms with Crippen molar-refractivity contribution in [1.29, 1.82) is 0 Å². The highest BCUT2D eigenvalue weighted by atomic mass is 35.5. The van der Waals surface area contributed by atoms with E-state index < -0.39 is 5.60 Å². The van der Waals surface area contributed by atoms with Gasteiger partial charge in [-0.05, 0) is 62.2 Å². The number of amides is 1. The van der Waals surface area contributed by atoms with Crippen LogP contribution in [0.25, 0.3) is 0 Å². The Kier molecular flexibility index (Phi) is 6.57. The predicted molar refractivity (Wildman–Crippen MR) is 109 cm³/mol. The molecule has 3 rings (SSSR count). The van der Waals surface area contributed by atoms with Crippen molar-refractivity contribution in [2.24, 2.45) is 0 Å². The Hall–Kier alpha value is -2.11. The van der Waals surface area contributed by atoms with E-state index in [1.807, 2.05) is 17.0 Å². The summed E-state index contributed by atoms with van der Waals surface area (Å²) in [6.45, 7) is 7.38. The van der Waals surface area contributed by atoms with Crippen molar-refractivity contribution < 1.29 is 13.9 Å². The largest absolute Gasteiger partial charge is 0.478 e. The lowest BCUT2D eigenvalue weighted by Crippen LogP contribution is -2.50. The molecule has 4 nitrogen and oxygen atoms in total. The Morgan fingerprint density at radius 1 is 1.04 bits per heavy atom. The molecule has 0 N–H and O–H groups in total. The molecule has 1 heterocycles. The molecular weight excluding hydrogens is 379 g/mol. The minimum Gasteiger partial charge on any atom is -0.478 e. The van der Waals surface area contributed by atoms with Crippen molar-refractivity contribution >= 4 is 17.5 Å². The van der Waals surface area contributed by atoms with Crippen LogP contribution >= 0.6 is 11.6 Å². The Bertz CT molecular complexity index is 793. The first kappa shape index (κ1) is 20.6. The van der Waals surface area contributed by atoms with Gasteiger partial charge >= 0.3 is 0 Å². The lowest BCUT2D eigenvalue weighted by molar-refractivity contribution is -0.145. The lowest BCUT2D eigenvalue weighted by atomic mass is 10.1. The highest BCUT2D eigenvalue weighted by Gasteiger charge is 2.35. The van der Waals surface area contributed by atoms with Crippen molar-refractivity contribution in [3.05, 3.63) is 64.9 Å². The van der Waals surface area contributed by atoms with Crippen LogP contribution in [0.15, 0.2) is 48.5 Å². The summed E-state index contributed by atoms with van der Waals surface area (Å²) in [5, 5.41) is 0.630. The number of hydrogen-bond acceptors (Lipinski definition) is 3. The molecular formula is C22H26ClFN2O2. The maximum absolute atomic E-state index is 13.1. The molecule has 2 aromatic carbocycles. The van der Waals surface area contributed by atoms with Crippen LogP contribution in [0.4, 0.5) is 4.39 Å². The van der Waals surface area contributed by atoms with Crippen LogP contribution in [-0.4, -0.2) is 47.5 Å². The minimum atomic E-state index is -0.958. The summed E-state index contributed by atoms with van der Waals surface area (Å²) >= 11 is 5.91. The zero-order valence-electron chi connectivity index (χ0n) is 16.3. The number of ether oxygens (including phenoxy) is 1. The SMILES string of the molecule is CC(C)(Oc1ccc(Cl)cc1)C(=O)N1CCCN(Cc2ccc(F)cc2)CC1. The molecule has 1 amide bonds. The molecule has 0 aliphatic carbocycles. The topological polar surface area (TPSA) is 32.8 Å². The van der Waals surface area contributed by atoms with Gasteiger partial charge in [-0.2, -0.15) is 0 Å². The van der Waals surface area contributed by atoms with Gasteiger partial charge in [0.1, 0.15) is 11.6 Å². The quantitative estimate of drug-likeness (QED) is 0.741. The molecule has 0 saturated carbocycles. The molecule has 150 valence electrons. The lowest BCUT2D eigenvalue weighted by Gasteiger charge is -2.32. The van der Waals surface area contributed by atoms with Crippen molar-refractivity contribution in [2.45, 2.75) is 32.4 Å². The van der Waals surface area contributed by atoms with Crippen LogP contribution in [-0.2, 0) is 11.3 Å². The standard InChI is InChI=1S/C22H26ClFN2O2/c1-22(2,28-20-10-6-18(23)7-11-20)21(27)26-13-3-12-25(14-15-26)16-17-4-8-19(24)9-5-17/h4-11H,3,12-16H2,1-2H3. The summed E-state index contributed by atoms with van der Waals surface area (Å²) in [6.07, 6.45) is 0.893. The molecule has 28 heavy (non-hydrogen) atoms. The van der Waals surface area contributed by atoms with Crippen LogP contribution in [0.1, 0.15) is 25.8 Å². The molecule has 0 bridgehead atoms. The van der Waals surface area contributed by atoms with E-state index >= 15 is 0 Å². The van der Waals surface area contributed by atoms with Crippen molar-refractivity contribution in [3.63, 3.8) is 0 Å². The van der Waals surface area contributed by atoms with E-state index in [9.17, 15) is 9.18 Å². The first-order chi connectivity index (χ1) is 13.3. The average Bonchev–Trinajstić information content (AvgIpc) is 2.90. The summed E-state index contributed by atoms with van der Waals surface area (Å²) in [6, 6.07) is 13.6. The molecule has 0 spiro atoms. The molecule has 6 heteroatoms. The second-order valence-electron chi connectivity index (χ2n) is 7.61. The van der Waals surface area contributed by atoms with Gasteiger partial charge in [0.25, 0.3) is 5.91 Å².